The number of hydrogen-bond donors (Lipinski definition) is 1. The predicted molar refractivity (Wildman–Crippen MR) is 80.5 cm³/mol. The van der Waals surface area contributed by atoms with Crippen LogP contribution in [0.15, 0.2) is 18.2 Å². The Morgan fingerprint density at radius 1 is 1.21 bits per heavy atom. The van der Waals surface area contributed by atoms with E-state index in [9.17, 15) is 0 Å². The average Bonchev–Trinajstić information content (AvgIpc) is 2.69. The number of benzene rings is 1. The molecular formula is C17H27NO. The normalized spacial score (nSPS) is 18.9. The maximum absolute atomic E-state index is 6.56. The standard InChI is InChI=1S/C17H27NO/c1-3-19-16-11-10-13(2)12-15(16)17(18)14-8-6-4-5-7-9-14/h10-12,14,17H,3-9,18H2,1-2H3. The van der Waals surface area contributed by atoms with E-state index in [1.54, 1.807) is 0 Å². The van der Waals surface area contributed by atoms with Crippen LogP contribution in [0.5, 0.6) is 5.75 Å². The summed E-state index contributed by atoms with van der Waals surface area (Å²) in [5.41, 5.74) is 9.03. The highest BCUT2D eigenvalue weighted by Gasteiger charge is 2.23. The number of hydrogen-bond acceptors (Lipinski definition) is 2. The van der Waals surface area contributed by atoms with E-state index < -0.39 is 0 Å². The van der Waals surface area contributed by atoms with Gasteiger partial charge < -0.3 is 10.5 Å². The van der Waals surface area contributed by atoms with Gasteiger partial charge in [-0.05, 0) is 38.7 Å². The Morgan fingerprint density at radius 3 is 2.53 bits per heavy atom. The van der Waals surface area contributed by atoms with E-state index in [-0.39, 0.29) is 6.04 Å². The third kappa shape index (κ3) is 3.73. The zero-order chi connectivity index (χ0) is 13.7. The summed E-state index contributed by atoms with van der Waals surface area (Å²) >= 11 is 0. The molecule has 0 saturated heterocycles. The first-order chi connectivity index (χ1) is 9.22. The minimum absolute atomic E-state index is 0.125. The Hall–Kier alpha value is -1.02. The van der Waals surface area contributed by atoms with Crippen molar-refractivity contribution in [1.82, 2.24) is 0 Å². The molecule has 106 valence electrons. The van der Waals surface area contributed by atoms with Gasteiger partial charge in [0, 0.05) is 11.6 Å². The van der Waals surface area contributed by atoms with Gasteiger partial charge in [0.25, 0.3) is 0 Å². The van der Waals surface area contributed by atoms with Crippen molar-refractivity contribution in [3.8, 4) is 5.75 Å². The van der Waals surface area contributed by atoms with Crippen LogP contribution in [0.3, 0.4) is 0 Å². The highest BCUT2D eigenvalue weighted by atomic mass is 16.5. The van der Waals surface area contributed by atoms with Gasteiger partial charge in [-0.15, -0.1) is 0 Å². The molecule has 0 heterocycles. The van der Waals surface area contributed by atoms with Gasteiger partial charge in [-0.25, -0.2) is 0 Å². The molecule has 2 N–H and O–H groups in total. The number of nitrogens with two attached hydrogens (primary N) is 1. The summed E-state index contributed by atoms with van der Waals surface area (Å²) in [5.74, 6) is 1.59. The summed E-state index contributed by atoms with van der Waals surface area (Å²) in [4.78, 5) is 0. The largest absolute Gasteiger partial charge is 0.494 e. The van der Waals surface area contributed by atoms with E-state index in [0.717, 1.165) is 5.75 Å². The Bertz CT molecular complexity index is 394. The highest BCUT2D eigenvalue weighted by Crippen LogP contribution is 2.36. The van der Waals surface area contributed by atoms with Crippen LogP contribution in [0.4, 0.5) is 0 Å². The molecule has 1 aliphatic carbocycles. The molecule has 1 saturated carbocycles. The van der Waals surface area contributed by atoms with Crippen LogP contribution in [0.25, 0.3) is 0 Å². The summed E-state index contributed by atoms with van der Waals surface area (Å²) in [6.45, 7) is 4.85. The Labute approximate surface area is 117 Å². The summed E-state index contributed by atoms with van der Waals surface area (Å²) in [5, 5.41) is 0. The van der Waals surface area contributed by atoms with Gasteiger partial charge in [-0.1, -0.05) is 43.4 Å². The minimum Gasteiger partial charge on any atom is -0.494 e. The van der Waals surface area contributed by atoms with Crippen LogP contribution in [-0.4, -0.2) is 6.61 Å². The fraction of sp³-hybridized carbons (Fsp3) is 0.647. The molecule has 1 aliphatic rings. The molecule has 0 spiro atoms. The summed E-state index contributed by atoms with van der Waals surface area (Å²) in [6.07, 6.45) is 7.92. The van der Waals surface area contributed by atoms with Gasteiger partial charge in [-0.3, -0.25) is 0 Å². The zero-order valence-corrected chi connectivity index (χ0v) is 12.3. The number of rotatable bonds is 4. The molecule has 0 bridgehead atoms. The van der Waals surface area contributed by atoms with Gasteiger partial charge in [0.1, 0.15) is 5.75 Å². The number of aryl methyl sites for hydroxylation is 1. The second-order valence-corrected chi connectivity index (χ2v) is 5.75. The summed E-state index contributed by atoms with van der Waals surface area (Å²) in [7, 11) is 0. The fourth-order valence-corrected chi connectivity index (χ4v) is 3.14. The third-order valence-corrected chi connectivity index (χ3v) is 4.23. The van der Waals surface area contributed by atoms with Crippen molar-refractivity contribution >= 4 is 0 Å². The van der Waals surface area contributed by atoms with Crippen LogP contribution >= 0.6 is 0 Å². The average molecular weight is 261 g/mol. The summed E-state index contributed by atoms with van der Waals surface area (Å²) in [6, 6.07) is 6.51. The molecular weight excluding hydrogens is 234 g/mol. The van der Waals surface area contributed by atoms with Crippen molar-refractivity contribution < 1.29 is 4.74 Å². The smallest absolute Gasteiger partial charge is 0.124 e. The molecule has 1 atom stereocenters. The Morgan fingerprint density at radius 2 is 1.89 bits per heavy atom. The van der Waals surface area contributed by atoms with Crippen molar-refractivity contribution in [2.24, 2.45) is 11.7 Å². The lowest BCUT2D eigenvalue weighted by Crippen LogP contribution is -2.22. The maximum atomic E-state index is 6.56. The molecule has 2 rings (SSSR count). The van der Waals surface area contributed by atoms with E-state index in [4.69, 9.17) is 10.5 Å². The maximum Gasteiger partial charge on any atom is 0.124 e. The van der Waals surface area contributed by atoms with Gasteiger partial charge in [0.05, 0.1) is 6.61 Å². The predicted octanol–water partition coefficient (Wildman–Crippen LogP) is 4.36. The Kier molecular flexibility index (Phi) is 5.26. The molecule has 1 aromatic rings. The van der Waals surface area contributed by atoms with Gasteiger partial charge in [0.2, 0.25) is 0 Å². The second-order valence-electron chi connectivity index (χ2n) is 5.75. The second kappa shape index (κ2) is 6.95. The summed E-state index contributed by atoms with van der Waals surface area (Å²) < 4.78 is 5.76. The van der Waals surface area contributed by atoms with E-state index in [0.29, 0.717) is 12.5 Å². The third-order valence-electron chi connectivity index (χ3n) is 4.23. The van der Waals surface area contributed by atoms with Crippen molar-refractivity contribution in [2.75, 3.05) is 6.61 Å². The van der Waals surface area contributed by atoms with E-state index in [1.165, 1.54) is 49.7 Å². The van der Waals surface area contributed by atoms with Gasteiger partial charge >= 0.3 is 0 Å². The molecule has 2 heteroatoms. The monoisotopic (exact) mass is 261 g/mol. The van der Waals surface area contributed by atoms with E-state index in [2.05, 4.69) is 25.1 Å². The SMILES string of the molecule is CCOc1ccc(C)cc1C(N)C1CCCCCC1. The molecule has 0 aliphatic heterocycles. The van der Waals surface area contributed by atoms with Crippen molar-refractivity contribution in [3.63, 3.8) is 0 Å². The van der Waals surface area contributed by atoms with Crippen LogP contribution in [0.1, 0.15) is 62.6 Å². The zero-order valence-electron chi connectivity index (χ0n) is 12.3. The first-order valence-corrected chi connectivity index (χ1v) is 7.71. The van der Waals surface area contributed by atoms with E-state index in [1.807, 2.05) is 6.92 Å². The van der Waals surface area contributed by atoms with Gasteiger partial charge in [0.15, 0.2) is 0 Å². The molecule has 0 radical (unpaired) electrons. The topological polar surface area (TPSA) is 35.2 Å². The highest BCUT2D eigenvalue weighted by molar-refractivity contribution is 5.39. The molecule has 0 amide bonds. The lowest BCUT2D eigenvalue weighted by Gasteiger charge is -2.25. The van der Waals surface area contributed by atoms with Crippen LogP contribution in [0, 0.1) is 12.8 Å². The quantitative estimate of drug-likeness (QED) is 0.817. The van der Waals surface area contributed by atoms with Crippen LogP contribution in [0.2, 0.25) is 0 Å². The van der Waals surface area contributed by atoms with Crippen LogP contribution in [-0.2, 0) is 0 Å². The molecule has 19 heavy (non-hydrogen) atoms. The lowest BCUT2D eigenvalue weighted by atomic mass is 9.87. The number of ether oxygens (including phenoxy) is 1. The molecule has 0 aromatic heterocycles. The fourth-order valence-electron chi connectivity index (χ4n) is 3.14. The van der Waals surface area contributed by atoms with Crippen molar-refractivity contribution in [3.05, 3.63) is 29.3 Å². The van der Waals surface area contributed by atoms with E-state index >= 15 is 0 Å². The first kappa shape index (κ1) is 14.4. The molecule has 1 unspecified atom stereocenters. The van der Waals surface area contributed by atoms with Crippen molar-refractivity contribution in [1.29, 1.82) is 0 Å². The van der Waals surface area contributed by atoms with Crippen LogP contribution < -0.4 is 10.5 Å². The molecule has 1 fully saturated rings. The minimum atomic E-state index is 0.125. The van der Waals surface area contributed by atoms with Gasteiger partial charge in [-0.2, -0.15) is 0 Å². The Balaban J connectivity index is 2.20. The van der Waals surface area contributed by atoms with Crippen molar-refractivity contribution in [2.45, 2.75) is 58.4 Å². The lowest BCUT2D eigenvalue weighted by molar-refractivity contribution is 0.320. The molecule has 1 aromatic carbocycles. The first-order valence-electron chi connectivity index (χ1n) is 7.71. The molecule has 2 nitrogen and oxygen atoms in total.